The summed E-state index contributed by atoms with van der Waals surface area (Å²) in [6.07, 6.45) is 7.47. The van der Waals surface area contributed by atoms with E-state index in [-0.39, 0.29) is 34.2 Å². The molecule has 0 saturated heterocycles. The highest BCUT2D eigenvalue weighted by atomic mass is 16.3. The van der Waals surface area contributed by atoms with E-state index in [1.807, 2.05) is 6.08 Å². The molecule has 3 saturated carbocycles. The summed E-state index contributed by atoms with van der Waals surface area (Å²) < 4.78 is 0. The molecule has 1 unspecified atom stereocenters. The Labute approximate surface area is 149 Å². The van der Waals surface area contributed by atoms with Crippen molar-refractivity contribution >= 4 is 11.6 Å². The molecule has 0 aromatic carbocycles. The Kier molecular flexibility index (Phi) is 4.01. The minimum absolute atomic E-state index is 0.0803. The van der Waals surface area contributed by atoms with Crippen LogP contribution < -0.4 is 0 Å². The normalized spacial score (nSPS) is 49.0. The van der Waals surface area contributed by atoms with Crippen LogP contribution in [0.1, 0.15) is 58.8 Å². The highest BCUT2D eigenvalue weighted by Gasteiger charge is 2.62. The molecule has 25 heavy (non-hydrogen) atoms. The van der Waals surface area contributed by atoms with Crippen molar-refractivity contribution in [3.05, 3.63) is 11.6 Å². The Morgan fingerprint density at radius 2 is 2.00 bits per heavy atom. The third-order valence-corrected chi connectivity index (χ3v) is 8.49. The summed E-state index contributed by atoms with van der Waals surface area (Å²) in [5.41, 5.74) is 1.21. The zero-order valence-corrected chi connectivity index (χ0v) is 15.3. The lowest BCUT2D eigenvalue weighted by molar-refractivity contribution is -0.134. The largest absolute Gasteiger partial charge is 0.393 e. The first-order chi connectivity index (χ1) is 11.8. The van der Waals surface area contributed by atoms with Crippen molar-refractivity contribution in [2.75, 3.05) is 6.61 Å². The van der Waals surface area contributed by atoms with Gasteiger partial charge in [-0.3, -0.25) is 9.59 Å². The van der Waals surface area contributed by atoms with Crippen LogP contribution in [-0.4, -0.2) is 34.5 Å². The van der Waals surface area contributed by atoms with Gasteiger partial charge in [0.2, 0.25) is 0 Å². The summed E-state index contributed by atoms with van der Waals surface area (Å²) >= 11 is 0. The quantitative estimate of drug-likeness (QED) is 0.806. The molecule has 4 aliphatic rings. The van der Waals surface area contributed by atoms with E-state index in [1.54, 1.807) is 0 Å². The molecule has 4 heteroatoms. The molecule has 7 atom stereocenters. The zero-order valence-electron chi connectivity index (χ0n) is 15.3. The molecule has 0 aliphatic heterocycles. The number of rotatable bonds is 2. The van der Waals surface area contributed by atoms with Crippen LogP contribution >= 0.6 is 0 Å². The van der Waals surface area contributed by atoms with Gasteiger partial charge >= 0.3 is 0 Å². The maximum Gasteiger partial charge on any atom is 0.161 e. The minimum Gasteiger partial charge on any atom is -0.393 e. The van der Waals surface area contributed by atoms with Crippen LogP contribution in [0.2, 0.25) is 0 Å². The second-order valence-corrected chi connectivity index (χ2v) is 9.41. The van der Waals surface area contributed by atoms with Crippen LogP contribution in [0.3, 0.4) is 0 Å². The van der Waals surface area contributed by atoms with Gasteiger partial charge in [-0.25, -0.2) is 0 Å². The van der Waals surface area contributed by atoms with Crippen LogP contribution in [0.5, 0.6) is 0 Å². The standard InChI is InChI=1S/C21H30O4/c1-20-7-5-13(23)9-12(20)3-4-14-15(20)6-8-21(2)16(18(25)11-22)10-17(24)19(14)21/h9,14-17,19,22,24H,3-8,10-11H2,1-2H3/t14-,15+,16-,17+,19?,20+,21-/m1/s1. The van der Waals surface area contributed by atoms with E-state index in [4.69, 9.17) is 0 Å². The van der Waals surface area contributed by atoms with Crippen LogP contribution in [0.25, 0.3) is 0 Å². The van der Waals surface area contributed by atoms with Gasteiger partial charge in [0.05, 0.1) is 6.10 Å². The van der Waals surface area contributed by atoms with Gasteiger partial charge in [0, 0.05) is 12.3 Å². The van der Waals surface area contributed by atoms with Gasteiger partial charge in [0.15, 0.2) is 11.6 Å². The van der Waals surface area contributed by atoms with Gasteiger partial charge in [-0.15, -0.1) is 0 Å². The van der Waals surface area contributed by atoms with E-state index < -0.39 is 12.7 Å². The summed E-state index contributed by atoms with van der Waals surface area (Å²) in [6, 6.07) is 0. The number of fused-ring (bicyclic) bond motifs is 5. The fourth-order valence-corrected chi connectivity index (χ4v) is 7.23. The molecular formula is C21H30O4. The van der Waals surface area contributed by atoms with Crippen molar-refractivity contribution < 1.29 is 19.8 Å². The van der Waals surface area contributed by atoms with Crippen LogP contribution in [-0.2, 0) is 9.59 Å². The molecule has 0 spiro atoms. The van der Waals surface area contributed by atoms with Gasteiger partial charge in [-0.2, -0.15) is 0 Å². The highest BCUT2D eigenvalue weighted by Crippen LogP contribution is 2.66. The number of ketones is 2. The van der Waals surface area contributed by atoms with Gasteiger partial charge in [0.1, 0.15) is 6.61 Å². The van der Waals surface area contributed by atoms with Crippen LogP contribution in [0.4, 0.5) is 0 Å². The van der Waals surface area contributed by atoms with E-state index >= 15 is 0 Å². The smallest absolute Gasteiger partial charge is 0.161 e. The average Bonchev–Trinajstić information content (AvgIpc) is 2.86. The van der Waals surface area contributed by atoms with Gasteiger partial charge in [-0.1, -0.05) is 19.4 Å². The third kappa shape index (κ3) is 2.33. The highest BCUT2D eigenvalue weighted by molar-refractivity contribution is 5.91. The second-order valence-electron chi connectivity index (χ2n) is 9.41. The van der Waals surface area contributed by atoms with E-state index in [2.05, 4.69) is 13.8 Å². The summed E-state index contributed by atoms with van der Waals surface area (Å²) in [5, 5.41) is 20.2. The molecule has 138 valence electrons. The Balaban J connectivity index is 1.69. The van der Waals surface area contributed by atoms with E-state index in [9.17, 15) is 19.8 Å². The molecule has 2 N–H and O–H groups in total. The Hall–Kier alpha value is -1.00. The number of hydrogen-bond acceptors (Lipinski definition) is 4. The van der Waals surface area contributed by atoms with Crippen LogP contribution in [0, 0.1) is 34.5 Å². The average molecular weight is 346 g/mol. The minimum atomic E-state index is -0.447. The molecule has 4 aliphatic carbocycles. The van der Waals surface area contributed by atoms with Crippen molar-refractivity contribution in [2.45, 2.75) is 64.9 Å². The van der Waals surface area contributed by atoms with Crippen LogP contribution in [0.15, 0.2) is 11.6 Å². The molecule has 3 fully saturated rings. The molecular weight excluding hydrogens is 316 g/mol. The zero-order chi connectivity index (χ0) is 18.0. The Bertz CT molecular complexity index is 638. The van der Waals surface area contributed by atoms with Crippen molar-refractivity contribution in [1.29, 1.82) is 0 Å². The molecule has 0 amide bonds. The van der Waals surface area contributed by atoms with Gasteiger partial charge in [0.25, 0.3) is 0 Å². The predicted molar refractivity (Wildman–Crippen MR) is 93.7 cm³/mol. The summed E-state index contributed by atoms with van der Waals surface area (Å²) in [6.45, 7) is 4.07. The first-order valence-corrected chi connectivity index (χ1v) is 9.87. The topological polar surface area (TPSA) is 74.6 Å². The lowest BCUT2D eigenvalue weighted by Crippen LogP contribution is -2.52. The fourth-order valence-electron chi connectivity index (χ4n) is 7.23. The maximum absolute atomic E-state index is 12.3. The molecule has 4 nitrogen and oxygen atoms in total. The van der Waals surface area contributed by atoms with Crippen molar-refractivity contribution in [1.82, 2.24) is 0 Å². The number of carbonyl (C=O) groups excluding carboxylic acids is 2. The van der Waals surface area contributed by atoms with E-state index in [0.717, 1.165) is 32.1 Å². The lowest BCUT2D eigenvalue weighted by atomic mass is 9.46. The van der Waals surface area contributed by atoms with Crippen molar-refractivity contribution in [2.24, 2.45) is 34.5 Å². The lowest BCUT2D eigenvalue weighted by Gasteiger charge is -2.58. The van der Waals surface area contributed by atoms with Crippen molar-refractivity contribution in [3.63, 3.8) is 0 Å². The molecule has 0 bridgehead atoms. The van der Waals surface area contributed by atoms with Gasteiger partial charge < -0.3 is 10.2 Å². The molecule has 0 radical (unpaired) electrons. The number of allylic oxidation sites excluding steroid dienone is 1. The first-order valence-electron chi connectivity index (χ1n) is 9.87. The first kappa shape index (κ1) is 17.4. The molecule has 0 heterocycles. The number of aliphatic hydroxyl groups is 2. The summed E-state index contributed by atoms with van der Waals surface area (Å²) in [4.78, 5) is 24.2. The monoisotopic (exact) mass is 346 g/mol. The van der Waals surface area contributed by atoms with Crippen molar-refractivity contribution in [3.8, 4) is 0 Å². The maximum atomic E-state index is 12.3. The third-order valence-electron chi connectivity index (χ3n) is 8.49. The molecule has 0 aromatic heterocycles. The second kappa shape index (κ2) is 5.75. The van der Waals surface area contributed by atoms with E-state index in [0.29, 0.717) is 24.7 Å². The Morgan fingerprint density at radius 3 is 2.72 bits per heavy atom. The summed E-state index contributed by atoms with van der Waals surface area (Å²) in [7, 11) is 0. The number of aliphatic hydroxyl groups excluding tert-OH is 2. The number of carbonyl (C=O) groups is 2. The SMILES string of the molecule is C[C@]12CCC(=O)C=C1CC[C@H]1C3[C@@H](O)C[C@H](C(=O)CO)[C@@]3(C)CC[C@@H]12. The predicted octanol–water partition coefficient (Wildman–Crippen LogP) is 2.67. The van der Waals surface area contributed by atoms with E-state index in [1.165, 1.54) is 5.57 Å². The molecule has 4 rings (SSSR count). The number of hydrogen-bond donors (Lipinski definition) is 2. The van der Waals surface area contributed by atoms with Gasteiger partial charge in [-0.05, 0) is 73.2 Å². The Morgan fingerprint density at radius 1 is 1.24 bits per heavy atom. The number of Topliss-reactive ketones (excluding diaryl/α,β-unsaturated/α-hetero) is 1. The summed E-state index contributed by atoms with van der Waals surface area (Å²) in [5.74, 6) is 1.00. The fraction of sp³-hybridized carbons (Fsp3) is 0.810. The molecule has 0 aromatic rings.